The van der Waals surface area contributed by atoms with Crippen LogP contribution in [0, 0.1) is 0 Å². The summed E-state index contributed by atoms with van der Waals surface area (Å²) in [7, 11) is -2.35. The summed E-state index contributed by atoms with van der Waals surface area (Å²) < 4.78 is 69.3. The van der Waals surface area contributed by atoms with Crippen LogP contribution >= 0.6 is 0 Å². The van der Waals surface area contributed by atoms with Gasteiger partial charge in [-0.15, -0.1) is 5.10 Å². The average molecular weight is 630 g/mol. The molecule has 1 saturated heterocycles. The molecule has 1 fully saturated rings. The first-order valence-electron chi connectivity index (χ1n) is 14.6. The number of nitrogens with zero attached hydrogens (tertiary/aromatic N) is 6. The Labute approximate surface area is 254 Å². The predicted octanol–water partition coefficient (Wildman–Crippen LogP) is 3.17. The molecule has 234 valence electrons. The van der Waals surface area contributed by atoms with E-state index in [0.29, 0.717) is 11.8 Å². The Morgan fingerprint density at radius 3 is 2.64 bits per heavy atom. The van der Waals surface area contributed by atoms with Crippen LogP contribution in [0.15, 0.2) is 66.0 Å². The summed E-state index contributed by atoms with van der Waals surface area (Å²) in [5.41, 5.74) is 3.03. The monoisotopic (exact) mass is 629 g/mol. The van der Waals surface area contributed by atoms with Crippen molar-refractivity contribution in [3.63, 3.8) is 0 Å². The first-order chi connectivity index (χ1) is 21.0. The summed E-state index contributed by atoms with van der Waals surface area (Å²) in [6, 6.07) is 8.77. The van der Waals surface area contributed by atoms with Crippen molar-refractivity contribution in [2.45, 2.75) is 55.4 Å². The number of piperazine rings is 1. The molecule has 0 saturated carbocycles. The fourth-order valence-corrected chi connectivity index (χ4v) is 7.63. The van der Waals surface area contributed by atoms with Gasteiger partial charge in [0, 0.05) is 57.7 Å². The Balaban J connectivity index is 1.20. The Morgan fingerprint density at radius 1 is 1.07 bits per heavy atom. The number of nitrogens with one attached hydrogen (secondary N) is 1. The smallest absolute Gasteiger partial charge is 0.329 e. The maximum absolute atomic E-state index is 13.5. The van der Waals surface area contributed by atoms with Crippen LogP contribution in [0.3, 0.4) is 0 Å². The minimum absolute atomic E-state index is 0.0530. The quantitative estimate of drug-likeness (QED) is 0.429. The van der Waals surface area contributed by atoms with Crippen molar-refractivity contribution in [1.82, 2.24) is 34.4 Å². The van der Waals surface area contributed by atoms with Crippen LogP contribution in [0.4, 0.5) is 13.2 Å². The number of carbonyl (C=O) groups excluding carboxylic acids is 1. The van der Waals surface area contributed by atoms with Crippen LogP contribution in [-0.2, 0) is 40.4 Å². The molecular weight excluding hydrogens is 595 g/mol. The summed E-state index contributed by atoms with van der Waals surface area (Å²) >= 11 is 0. The lowest BCUT2D eigenvalue weighted by molar-refractivity contribution is -0.137. The summed E-state index contributed by atoms with van der Waals surface area (Å²) in [5, 5.41) is 11.1. The molecule has 1 amide bonds. The molecule has 3 aromatic rings. The van der Waals surface area contributed by atoms with E-state index in [1.54, 1.807) is 10.9 Å². The first-order valence-corrected chi connectivity index (χ1v) is 16.0. The minimum atomic E-state index is -4.72. The molecule has 1 aromatic heterocycles. The Bertz CT molecular complexity index is 1670. The van der Waals surface area contributed by atoms with Crippen LogP contribution in [0.5, 0.6) is 0 Å². The number of aromatic nitrogens is 3. The molecule has 0 unspecified atom stereocenters. The highest BCUT2D eigenvalue weighted by molar-refractivity contribution is 7.89. The standard InChI is InChI=1S/C30H34F3N7O3S/c1-37-12-14-38(15-13-37)19-21-8-9-26-22(16-21)4-2-7-27(26)39-20-24(35-36-39)18-28-29(41)34-10-11-40(28)44(42,43)25-6-3-5-23(17-25)30(31,32)33/h3,5-6,8-11,16-17,20,27-28H,2,4,7,12-15,18-19H2,1H3,(H,34,41)/t27-,28+/m0/s1. The first kappa shape index (κ1) is 30.3. The number of fused-ring (bicyclic) bond motifs is 1. The van der Waals surface area contributed by atoms with Gasteiger partial charge in [-0.2, -0.15) is 13.2 Å². The van der Waals surface area contributed by atoms with Gasteiger partial charge < -0.3 is 10.2 Å². The van der Waals surface area contributed by atoms with Gasteiger partial charge in [0.1, 0.15) is 6.04 Å². The van der Waals surface area contributed by atoms with E-state index < -0.39 is 38.6 Å². The molecule has 1 aliphatic carbocycles. The summed E-state index contributed by atoms with van der Waals surface area (Å²) in [4.78, 5) is 17.1. The van der Waals surface area contributed by atoms with Crippen molar-refractivity contribution in [2.24, 2.45) is 0 Å². The van der Waals surface area contributed by atoms with Gasteiger partial charge in [-0.25, -0.2) is 13.1 Å². The number of halogens is 3. The molecule has 1 N–H and O–H groups in total. The molecule has 0 spiro atoms. The number of carbonyl (C=O) groups is 1. The lowest BCUT2D eigenvalue weighted by atomic mass is 9.86. The number of hydrogen-bond acceptors (Lipinski definition) is 7. The van der Waals surface area contributed by atoms with Crippen molar-refractivity contribution < 1.29 is 26.4 Å². The zero-order valence-electron chi connectivity index (χ0n) is 24.2. The van der Waals surface area contributed by atoms with Gasteiger partial charge in [0.15, 0.2) is 0 Å². The number of rotatable bonds is 7. The summed E-state index contributed by atoms with van der Waals surface area (Å²) in [6.45, 7) is 5.14. The van der Waals surface area contributed by atoms with Gasteiger partial charge in [-0.1, -0.05) is 29.5 Å². The van der Waals surface area contributed by atoms with Crippen LogP contribution in [-0.4, -0.2) is 82.7 Å². The molecule has 3 aliphatic rings. The van der Waals surface area contributed by atoms with E-state index in [1.165, 1.54) is 16.7 Å². The Hall–Kier alpha value is -3.75. The van der Waals surface area contributed by atoms with E-state index in [0.717, 1.165) is 86.9 Å². The summed E-state index contributed by atoms with van der Waals surface area (Å²) in [6.07, 6.45) is 1.99. The largest absolute Gasteiger partial charge is 0.416 e. The maximum atomic E-state index is 13.5. The van der Waals surface area contributed by atoms with Crippen molar-refractivity contribution in [2.75, 3.05) is 33.2 Å². The zero-order valence-corrected chi connectivity index (χ0v) is 25.1. The molecule has 0 bridgehead atoms. The molecule has 6 rings (SSSR count). The predicted molar refractivity (Wildman–Crippen MR) is 156 cm³/mol. The molecule has 0 radical (unpaired) electrons. The van der Waals surface area contributed by atoms with Gasteiger partial charge in [0.25, 0.3) is 10.0 Å². The van der Waals surface area contributed by atoms with E-state index in [-0.39, 0.29) is 12.5 Å². The topological polar surface area (TPSA) is 104 Å². The number of sulfonamides is 1. The maximum Gasteiger partial charge on any atom is 0.416 e. The van der Waals surface area contributed by atoms with Gasteiger partial charge >= 0.3 is 6.18 Å². The van der Waals surface area contributed by atoms with Crippen molar-refractivity contribution in [3.8, 4) is 0 Å². The third-order valence-corrected chi connectivity index (χ3v) is 10.3. The number of benzene rings is 2. The van der Waals surface area contributed by atoms with Crippen LogP contribution in [0.25, 0.3) is 0 Å². The van der Waals surface area contributed by atoms with E-state index in [9.17, 15) is 26.4 Å². The van der Waals surface area contributed by atoms with E-state index in [1.807, 2.05) is 0 Å². The summed E-state index contributed by atoms with van der Waals surface area (Å²) in [5.74, 6) is -0.617. The van der Waals surface area contributed by atoms with Crippen LogP contribution < -0.4 is 5.32 Å². The lowest BCUT2D eigenvalue weighted by Crippen LogP contribution is -2.50. The molecular formula is C30H34F3N7O3S. The van der Waals surface area contributed by atoms with Gasteiger partial charge in [0.2, 0.25) is 5.91 Å². The van der Waals surface area contributed by atoms with E-state index in [2.05, 4.69) is 50.7 Å². The van der Waals surface area contributed by atoms with Crippen LogP contribution in [0.1, 0.15) is 46.8 Å². The molecule has 44 heavy (non-hydrogen) atoms. The van der Waals surface area contributed by atoms with E-state index in [4.69, 9.17) is 0 Å². The highest BCUT2D eigenvalue weighted by atomic mass is 32.2. The third kappa shape index (κ3) is 6.24. The van der Waals surface area contributed by atoms with Crippen LogP contribution in [0.2, 0.25) is 0 Å². The van der Waals surface area contributed by atoms with Gasteiger partial charge in [0.05, 0.1) is 22.2 Å². The molecule has 3 heterocycles. The Morgan fingerprint density at radius 2 is 1.86 bits per heavy atom. The highest BCUT2D eigenvalue weighted by Crippen LogP contribution is 2.34. The van der Waals surface area contributed by atoms with Crippen molar-refractivity contribution in [1.29, 1.82) is 0 Å². The van der Waals surface area contributed by atoms with Crippen molar-refractivity contribution >= 4 is 15.9 Å². The second-order valence-corrected chi connectivity index (χ2v) is 13.5. The fourth-order valence-electron chi connectivity index (χ4n) is 6.13. The normalized spacial score (nSPS) is 21.7. The number of aryl methyl sites for hydroxylation is 1. The second-order valence-electron chi connectivity index (χ2n) is 11.6. The number of alkyl halides is 3. The average Bonchev–Trinajstić information content (AvgIpc) is 3.47. The zero-order chi connectivity index (χ0) is 31.1. The number of likely N-dealkylation sites (N-methyl/N-ethyl adjacent to an activating group) is 1. The van der Waals surface area contributed by atoms with E-state index >= 15 is 0 Å². The van der Waals surface area contributed by atoms with Gasteiger partial charge in [-0.3, -0.25) is 14.0 Å². The molecule has 14 heteroatoms. The number of hydrogen-bond donors (Lipinski definition) is 1. The van der Waals surface area contributed by atoms with Gasteiger partial charge in [-0.05, 0) is 61.2 Å². The molecule has 2 aromatic carbocycles. The third-order valence-electron chi connectivity index (χ3n) is 8.57. The van der Waals surface area contributed by atoms with Crippen molar-refractivity contribution in [3.05, 3.63) is 89.0 Å². The Kier molecular flexibility index (Phi) is 8.24. The molecule has 10 nitrogen and oxygen atoms in total. The lowest BCUT2D eigenvalue weighted by Gasteiger charge is -2.33. The second kappa shape index (κ2) is 12.0. The minimum Gasteiger partial charge on any atom is -0.329 e. The number of amides is 1. The highest BCUT2D eigenvalue weighted by Gasteiger charge is 2.38. The molecule has 2 aliphatic heterocycles. The SMILES string of the molecule is CN1CCN(Cc2ccc3c(c2)CCC[C@@H]3n2cc(C[C@@H]3C(=O)NC=CN3S(=O)(=O)c3cccc(C(F)(F)F)c3)nn2)CC1. The fraction of sp³-hybridized carbons (Fsp3) is 0.433. The molecule has 2 atom stereocenters.